The van der Waals surface area contributed by atoms with Crippen LogP contribution in [0, 0.1) is 5.82 Å². The number of nitrogens with zero attached hydrogens (tertiary/aromatic N) is 2. The molecule has 1 unspecified atom stereocenters. The molecule has 1 heterocycles. The van der Waals surface area contributed by atoms with Crippen molar-refractivity contribution in [3.8, 4) is 0 Å². The third kappa shape index (κ3) is 6.08. The van der Waals surface area contributed by atoms with Crippen LogP contribution in [0.25, 0.3) is 0 Å². The topological polar surface area (TPSA) is 45.6 Å². The van der Waals surface area contributed by atoms with Crippen LogP contribution in [0.15, 0.2) is 18.3 Å². The van der Waals surface area contributed by atoms with Crippen LogP contribution in [0.5, 0.6) is 0 Å². The van der Waals surface area contributed by atoms with Crippen LogP contribution in [0.3, 0.4) is 0 Å². The molecular weight excluding hydrogens is 271 g/mol. The second-order valence-corrected chi connectivity index (χ2v) is 5.20. The molecule has 120 valence electrons. The van der Waals surface area contributed by atoms with Gasteiger partial charge >= 0.3 is 0 Å². The summed E-state index contributed by atoms with van der Waals surface area (Å²) in [7, 11) is 1.70. The van der Waals surface area contributed by atoms with Gasteiger partial charge in [-0.25, -0.2) is 4.39 Å². The van der Waals surface area contributed by atoms with Crippen LogP contribution in [-0.4, -0.2) is 47.8 Å². The van der Waals surface area contributed by atoms with Crippen molar-refractivity contribution in [1.29, 1.82) is 0 Å². The van der Waals surface area contributed by atoms with E-state index in [1.165, 1.54) is 12.1 Å². The summed E-state index contributed by atoms with van der Waals surface area (Å²) in [6.45, 7) is 6.65. The van der Waals surface area contributed by atoms with Gasteiger partial charge in [-0.05, 0) is 31.4 Å². The van der Waals surface area contributed by atoms with Crippen molar-refractivity contribution in [3.63, 3.8) is 0 Å². The number of pyridine rings is 1. The number of hydrogen-bond donors (Lipinski definition) is 1. The van der Waals surface area contributed by atoms with E-state index in [9.17, 15) is 9.50 Å². The standard InChI is InChI=1S/C16H27FN2O2/c1-4-14(5-2)19(10-11-21-3)9-8-16(20)15-7-6-13(17)12-18-15/h6-7,12,14,16,20H,4-5,8-11H2,1-3H3. The van der Waals surface area contributed by atoms with Gasteiger partial charge in [0.2, 0.25) is 0 Å². The number of rotatable bonds is 10. The highest BCUT2D eigenvalue weighted by molar-refractivity contribution is 5.07. The van der Waals surface area contributed by atoms with Gasteiger partial charge in [-0.3, -0.25) is 9.88 Å². The van der Waals surface area contributed by atoms with E-state index < -0.39 is 6.10 Å². The first-order valence-electron chi connectivity index (χ1n) is 7.64. The van der Waals surface area contributed by atoms with Gasteiger partial charge in [-0.1, -0.05) is 13.8 Å². The largest absolute Gasteiger partial charge is 0.387 e. The number of aromatic nitrogens is 1. The second-order valence-electron chi connectivity index (χ2n) is 5.20. The molecule has 0 saturated carbocycles. The summed E-state index contributed by atoms with van der Waals surface area (Å²) in [4.78, 5) is 6.28. The van der Waals surface area contributed by atoms with Crippen molar-refractivity contribution in [3.05, 3.63) is 29.8 Å². The van der Waals surface area contributed by atoms with E-state index in [2.05, 4.69) is 23.7 Å². The molecule has 0 spiro atoms. The Bertz CT molecular complexity index is 382. The predicted octanol–water partition coefficient (Wildman–Crippen LogP) is 2.78. The summed E-state index contributed by atoms with van der Waals surface area (Å²) >= 11 is 0. The third-order valence-electron chi connectivity index (χ3n) is 3.82. The first-order valence-corrected chi connectivity index (χ1v) is 7.64. The minimum atomic E-state index is -0.662. The molecule has 0 aliphatic rings. The normalized spacial score (nSPS) is 13.1. The molecule has 1 atom stereocenters. The van der Waals surface area contributed by atoms with Crippen LogP contribution >= 0.6 is 0 Å². The first kappa shape index (κ1) is 18.0. The lowest BCUT2D eigenvalue weighted by Crippen LogP contribution is -2.38. The molecule has 0 amide bonds. The monoisotopic (exact) mass is 298 g/mol. The van der Waals surface area contributed by atoms with Gasteiger partial charge in [0.25, 0.3) is 0 Å². The van der Waals surface area contributed by atoms with Crippen molar-refractivity contribution in [1.82, 2.24) is 9.88 Å². The minimum absolute atomic E-state index is 0.385. The number of hydrogen-bond acceptors (Lipinski definition) is 4. The molecule has 0 fully saturated rings. The molecule has 0 aliphatic carbocycles. The summed E-state index contributed by atoms with van der Waals surface area (Å²) in [5, 5.41) is 10.2. The Morgan fingerprint density at radius 1 is 1.29 bits per heavy atom. The van der Waals surface area contributed by atoms with E-state index >= 15 is 0 Å². The molecule has 1 rings (SSSR count). The van der Waals surface area contributed by atoms with Gasteiger partial charge in [0, 0.05) is 26.2 Å². The van der Waals surface area contributed by atoms with Crippen molar-refractivity contribution >= 4 is 0 Å². The number of aliphatic hydroxyl groups is 1. The molecule has 4 nitrogen and oxygen atoms in total. The van der Waals surface area contributed by atoms with Crippen molar-refractivity contribution in [2.24, 2.45) is 0 Å². The van der Waals surface area contributed by atoms with Crippen LogP contribution < -0.4 is 0 Å². The van der Waals surface area contributed by atoms with Crippen LogP contribution in [-0.2, 0) is 4.74 Å². The summed E-state index contributed by atoms with van der Waals surface area (Å²) in [5.74, 6) is -0.385. The molecular formula is C16H27FN2O2. The van der Waals surface area contributed by atoms with E-state index in [1.54, 1.807) is 7.11 Å². The lowest BCUT2D eigenvalue weighted by molar-refractivity contribution is 0.0891. The van der Waals surface area contributed by atoms with E-state index in [-0.39, 0.29) is 5.82 Å². The average Bonchev–Trinajstić information content (AvgIpc) is 2.50. The Balaban J connectivity index is 2.56. The van der Waals surface area contributed by atoms with E-state index in [0.29, 0.717) is 24.8 Å². The first-order chi connectivity index (χ1) is 10.1. The zero-order valence-corrected chi connectivity index (χ0v) is 13.3. The van der Waals surface area contributed by atoms with Gasteiger partial charge in [-0.15, -0.1) is 0 Å². The Kier molecular flexibility index (Phi) is 8.42. The van der Waals surface area contributed by atoms with E-state index in [1.807, 2.05) is 0 Å². The minimum Gasteiger partial charge on any atom is -0.387 e. The summed E-state index contributed by atoms with van der Waals surface area (Å²) in [6.07, 6.45) is 3.21. The summed E-state index contributed by atoms with van der Waals surface area (Å²) < 4.78 is 18.0. The lowest BCUT2D eigenvalue weighted by Gasteiger charge is -2.30. The summed E-state index contributed by atoms with van der Waals surface area (Å²) in [5.41, 5.74) is 0.521. The zero-order chi connectivity index (χ0) is 15.7. The SMILES string of the molecule is CCC(CC)N(CCOC)CCC(O)c1ccc(F)cn1. The fourth-order valence-electron chi connectivity index (χ4n) is 2.51. The maximum absolute atomic E-state index is 12.8. The van der Waals surface area contributed by atoms with Gasteiger partial charge in [0.05, 0.1) is 24.6 Å². The lowest BCUT2D eigenvalue weighted by atomic mass is 10.1. The number of ether oxygens (including phenoxy) is 1. The Labute approximate surface area is 126 Å². The number of aliphatic hydroxyl groups excluding tert-OH is 1. The van der Waals surface area contributed by atoms with Gasteiger partial charge in [0.15, 0.2) is 0 Å². The smallest absolute Gasteiger partial charge is 0.141 e. The molecule has 0 saturated heterocycles. The van der Waals surface area contributed by atoms with Crippen LogP contribution in [0.4, 0.5) is 4.39 Å². The molecule has 21 heavy (non-hydrogen) atoms. The summed E-state index contributed by atoms with van der Waals surface area (Å²) in [6, 6.07) is 3.36. The maximum Gasteiger partial charge on any atom is 0.141 e. The third-order valence-corrected chi connectivity index (χ3v) is 3.82. The Morgan fingerprint density at radius 3 is 2.52 bits per heavy atom. The van der Waals surface area contributed by atoms with Gasteiger partial charge in [0.1, 0.15) is 5.82 Å². The molecule has 0 aliphatic heterocycles. The van der Waals surface area contributed by atoms with Crippen molar-refractivity contribution in [2.45, 2.75) is 45.3 Å². The number of halogens is 1. The molecule has 1 N–H and O–H groups in total. The van der Waals surface area contributed by atoms with Crippen LogP contribution in [0.2, 0.25) is 0 Å². The Morgan fingerprint density at radius 2 is 2.00 bits per heavy atom. The van der Waals surface area contributed by atoms with Crippen LogP contribution in [0.1, 0.15) is 44.9 Å². The van der Waals surface area contributed by atoms with Gasteiger partial charge < -0.3 is 9.84 Å². The molecule has 0 bridgehead atoms. The fraction of sp³-hybridized carbons (Fsp3) is 0.688. The van der Waals surface area contributed by atoms with E-state index in [4.69, 9.17) is 4.74 Å². The maximum atomic E-state index is 12.8. The zero-order valence-electron chi connectivity index (χ0n) is 13.3. The highest BCUT2D eigenvalue weighted by Gasteiger charge is 2.17. The van der Waals surface area contributed by atoms with Gasteiger partial charge in [-0.2, -0.15) is 0 Å². The molecule has 1 aromatic rings. The van der Waals surface area contributed by atoms with E-state index in [0.717, 1.165) is 32.1 Å². The van der Waals surface area contributed by atoms with Crippen molar-refractivity contribution in [2.75, 3.05) is 26.8 Å². The Hall–Kier alpha value is -1.04. The second kappa shape index (κ2) is 9.82. The fourth-order valence-corrected chi connectivity index (χ4v) is 2.51. The molecule has 5 heteroatoms. The predicted molar refractivity (Wildman–Crippen MR) is 81.6 cm³/mol. The highest BCUT2D eigenvalue weighted by Crippen LogP contribution is 2.17. The quantitative estimate of drug-likeness (QED) is 0.721. The molecule has 0 aromatic carbocycles. The highest BCUT2D eigenvalue weighted by atomic mass is 19.1. The molecule has 0 radical (unpaired) electrons. The average molecular weight is 298 g/mol. The molecule has 1 aromatic heterocycles. The van der Waals surface area contributed by atoms with Crippen molar-refractivity contribution < 1.29 is 14.2 Å². The number of methoxy groups -OCH3 is 1.